The van der Waals surface area contributed by atoms with Crippen molar-refractivity contribution in [1.29, 1.82) is 0 Å². The number of carbonyl (C=O) groups excluding carboxylic acids is 2. The van der Waals surface area contributed by atoms with Gasteiger partial charge in [0, 0.05) is 0 Å². The van der Waals surface area contributed by atoms with E-state index in [4.69, 9.17) is 0 Å². The van der Waals surface area contributed by atoms with E-state index in [9.17, 15) is 9.59 Å². The van der Waals surface area contributed by atoms with Gasteiger partial charge in [-0.1, -0.05) is 27.7 Å². The van der Waals surface area contributed by atoms with Crippen molar-refractivity contribution in [2.24, 2.45) is 33.7 Å². The van der Waals surface area contributed by atoms with Crippen LogP contribution in [0.4, 0.5) is 0 Å². The zero-order valence-electron chi connectivity index (χ0n) is 10.2. The van der Waals surface area contributed by atoms with Crippen molar-refractivity contribution in [2.75, 3.05) is 0 Å². The fourth-order valence-corrected chi connectivity index (χ4v) is 2.79. The van der Waals surface area contributed by atoms with Crippen LogP contribution in [0, 0.1) is 23.7 Å². The monoisotopic (exact) mass is 222 g/mol. The highest BCUT2D eigenvalue weighted by atomic mass is 16.1. The zero-order chi connectivity index (χ0) is 12.3. The predicted octanol–water partition coefficient (Wildman–Crippen LogP) is 1.95. The first kappa shape index (κ1) is 12.8. The molecule has 0 radical (unpaired) electrons. The molecule has 4 nitrogen and oxygen atoms in total. The molecule has 0 aromatic carbocycles. The third-order valence-corrected chi connectivity index (χ3v) is 4.22. The van der Waals surface area contributed by atoms with Gasteiger partial charge in [0.1, 0.15) is 0 Å². The first-order valence-electron chi connectivity index (χ1n) is 5.68. The number of rotatable bonds is 2. The maximum absolute atomic E-state index is 10.4. The Morgan fingerprint density at radius 3 is 1.12 bits per heavy atom. The Morgan fingerprint density at radius 2 is 0.938 bits per heavy atom. The molecular weight excluding hydrogens is 204 g/mol. The molecule has 1 saturated carbocycles. The molecule has 1 aliphatic carbocycles. The summed E-state index contributed by atoms with van der Waals surface area (Å²) in [4.78, 5) is 28.6. The van der Waals surface area contributed by atoms with Crippen molar-refractivity contribution < 1.29 is 9.59 Å². The second kappa shape index (κ2) is 5.20. The Balaban J connectivity index is 3.02. The summed E-state index contributed by atoms with van der Waals surface area (Å²) < 4.78 is 0. The summed E-state index contributed by atoms with van der Waals surface area (Å²) in [6.07, 6.45) is 3.31. The molecule has 16 heavy (non-hydrogen) atoms. The SMILES string of the molecule is CC1C(C)C(N=C=O)C(C)C(C)C1N=C=O. The Hall–Kier alpha value is -1.24. The highest BCUT2D eigenvalue weighted by molar-refractivity contribution is 5.35. The zero-order valence-corrected chi connectivity index (χ0v) is 10.2. The highest BCUT2D eigenvalue weighted by Crippen LogP contribution is 2.40. The van der Waals surface area contributed by atoms with E-state index in [0.29, 0.717) is 0 Å². The van der Waals surface area contributed by atoms with E-state index in [1.165, 1.54) is 0 Å². The molecule has 1 fully saturated rings. The summed E-state index contributed by atoms with van der Waals surface area (Å²) in [5.74, 6) is 0.925. The van der Waals surface area contributed by atoms with Crippen LogP contribution in [0.15, 0.2) is 9.98 Å². The van der Waals surface area contributed by atoms with Crippen LogP contribution in [-0.4, -0.2) is 24.2 Å². The molecule has 0 saturated heterocycles. The van der Waals surface area contributed by atoms with Crippen molar-refractivity contribution in [1.82, 2.24) is 0 Å². The molecular formula is C12H18N2O2. The van der Waals surface area contributed by atoms with E-state index >= 15 is 0 Å². The summed E-state index contributed by atoms with van der Waals surface area (Å²) >= 11 is 0. The second-order valence-corrected chi connectivity index (χ2v) is 4.86. The minimum absolute atomic E-state index is 0.0133. The van der Waals surface area contributed by atoms with Crippen LogP contribution < -0.4 is 0 Å². The van der Waals surface area contributed by atoms with Gasteiger partial charge in [-0.2, -0.15) is 0 Å². The number of aliphatic imine (C=N–C) groups is 2. The lowest BCUT2D eigenvalue weighted by molar-refractivity contribution is 0.100. The van der Waals surface area contributed by atoms with Gasteiger partial charge in [0.15, 0.2) is 0 Å². The summed E-state index contributed by atoms with van der Waals surface area (Å²) in [6, 6.07) is -0.0267. The van der Waals surface area contributed by atoms with Gasteiger partial charge in [-0.3, -0.25) is 0 Å². The number of hydrogen-bond acceptors (Lipinski definition) is 4. The lowest BCUT2D eigenvalue weighted by Crippen LogP contribution is -2.47. The lowest BCUT2D eigenvalue weighted by Gasteiger charge is -2.43. The smallest absolute Gasteiger partial charge is 0.211 e. The first-order chi connectivity index (χ1) is 7.54. The second-order valence-electron chi connectivity index (χ2n) is 4.86. The highest BCUT2D eigenvalue weighted by Gasteiger charge is 2.43. The molecule has 0 aromatic rings. The van der Waals surface area contributed by atoms with Crippen molar-refractivity contribution in [3.63, 3.8) is 0 Å². The average Bonchev–Trinajstić information content (AvgIpc) is 2.28. The molecule has 0 heterocycles. The van der Waals surface area contributed by atoms with E-state index < -0.39 is 0 Å². The van der Waals surface area contributed by atoms with Gasteiger partial charge in [0.25, 0.3) is 0 Å². The van der Waals surface area contributed by atoms with Gasteiger partial charge in [-0.05, 0) is 23.7 Å². The predicted molar refractivity (Wildman–Crippen MR) is 60.5 cm³/mol. The molecule has 4 atom stereocenters. The molecule has 4 heteroatoms. The molecule has 1 rings (SSSR count). The molecule has 88 valence electrons. The van der Waals surface area contributed by atoms with E-state index in [-0.39, 0.29) is 35.8 Å². The van der Waals surface area contributed by atoms with Crippen molar-refractivity contribution in [2.45, 2.75) is 39.8 Å². The fourth-order valence-electron chi connectivity index (χ4n) is 2.79. The number of nitrogens with zero attached hydrogens (tertiary/aromatic N) is 2. The average molecular weight is 222 g/mol. The van der Waals surface area contributed by atoms with Gasteiger partial charge in [-0.15, -0.1) is 0 Å². The number of isocyanates is 2. The van der Waals surface area contributed by atoms with Crippen LogP contribution in [0.25, 0.3) is 0 Å². The van der Waals surface area contributed by atoms with E-state index in [2.05, 4.69) is 9.98 Å². The Bertz CT molecular complexity index is 293. The largest absolute Gasteiger partial charge is 0.235 e. The topological polar surface area (TPSA) is 58.9 Å². The van der Waals surface area contributed by atoms with Gasteiger partial charge < -0.3 is 0 Å². The van der Waals surface area contributed by atoms with Crippen LogP contribution in [0.3, 0.4) is 0 Å². The van der Waals surface area contributed by atoms with Gasteiger partial charge in [0.2, 0.25) is 12.2 Å². The molecule has 4 unspecified atom stereocenters. The minimum atomic E-state index is -0.0133. The Morgan fingerprint density at radius 1 is 0.688 bits per heavy atom. The minimum Gasteiger partial charge on any atom is -0.211 e. The molecule has 0 N–H and O–H groups in total. The Labute approximate surface area is 95.9 Å². The maximum Gasteiger partial charge on any atom is 0.235 e. The summed E-state index contributed by atoms with van der Waals surface area (Å²) in [6.45, 7) is 8.19. The first-order valence-corrected chi connectivity index (χ1v) is 5.68. The van der Waals surface area contributed by atoms with E-state index in [1.807, 2.05) is 27.7 Å². The summed E-state index contributed by atoms with van der Waals surface area (Å²) in [5.41, 5.74) is 0. The normalized spacial score (nSPS) is 43.0. The summed E-state index contributed by atoms with van der Waals surface area (Å²) in [7, 11) is 0. The molecule has 1 aliphatic rings. The van der Waals surface area contributed by atoms with Crippen molar-refractivity contribution in [3.8, 4) is 0 Å². The standard InChI is InChI=1S/C12H18N2O2/c1-7-8(2)12(14-6-16)10(4)9(3)11(7)13-5-15/h7-12H,1-4H3. The van der Waals surface area contributed by atoms with E-state index in [1.54, 1.807) is 12.2 Å². The summed E-state index contributed by atoms with van der Waals surface area (Å²) in [5, 5.41) is 0. The molecule has 0 amide bonds. The molecule has 0 aromatic heterocycles. The van der Waals surface area contributed by atoms with Crippen LogP contribution in [0.5, 0.6) is 0 Å². The van der Waals surface area contributed by atoms with Crippen molar-refractivity contribution in [3.05, 3.63) is 0 Å². The van der Waals surface area contributed by atoms with Crippen LogP contribution in [0.1, 0.15) is 27.7 Å². The Kier molecular flexibility index (Phi) is 4.17. The molecule has 0 bridgehead atoms. The van der Waals surface area contributed by atoms with Gasteiger partial charge in [-0.25, -0.2) is 19.6 Å². The fraction of sp³-hybridized carbons (Fsp3) is 0.833. The van der Waals surface area contributed by atoms with Gasteiger partial charge in [0.05, 0.1) is 12.1 Å². The molecule has 0 spiro atoms. The van der Waals surface area contributed by atoms with E-state index in [0.717, 1.165) is 0 Å². The lowest BCUT2D eigenvalue weighted by atomic mass is 9.65. The maximum atomic E-state index is 10.4. The van der Waals surface area contributed by atoms with Crippen LogP contribution in [-0.2, 0) is 9.59 Å². The number of hydrogen-bond donors (Lipinski definition) is 0. The van der Waals surface area contributed by atoms with Crippen molar-refractivity contribution >= 4 is 12.2 Å². The third-order valence-electron chi connectivity index (χ3n) is 4.22. The quantitative estimate of drug-likeness (QED) is 0.529. The molecule has 0 aliphatic heterocycles. The van der Waals surface area contributed by atoms with Crippen LogP contribution >= 0.6 is 0 Å². The van der Waals surface area contributed by atoms with Gasteiger partial charge >= 0.3 is 0 Å². The third kappa shape index (κ3) is 2.13. The van der Waals surface area contributed by atoms with Crippen LogP contribution in [0.2, 0.25) is 0 Å².